The Balaban J connectivity index is 0.764. The van der Waals surface area contributed by atoms with E-state index in [2.05, 4.69) is 9.97 Å². The first-order chi connectivity index (χ1) is 44.4. The predicted molar refractivity (Wildman–Crippen MR) is 324 cm³/mol. The van der Waals surface area contributed by atoms with Crippen molar-refractivity contribution in [2.45, 2.75) is 54.8 Å². The molecular formula is C73H42F12N4O4. The van der Waals surface area contributed by atoms with Gasteiger partial charge < -0.3 is 17.7 Å². The molecule has 20 heteroatoms. The molecule has 0 unspecified atom stereocenters. The summed E-state index contributed by atoms with van der Waals surface area (Å²) in [5, 5.41) is 0. The van der Waals surface area contributed by atoms with E-state index in [4.69, 9.17) is 27.6 Å². The summed E-state index contributed by atoms with van der Waals surface area (Å²) in [4.78, 5) is 18.3. The maximum absolute atomic E-state index is 15.6. The fraction of sp³-hybridized carbons (Fsp3) is 0.123. The molecule has 0 spiro atoms. The van der Waals surface area contributed by atoms with E-state index in [1.165, 1.54) is 12.1 Å². The Labute approximate surface area is 518 Å². The Kier molecular flexibility index (Phi) is 13.0. The molecular weight excluding hydrogens is 1220 g/mol. The minimum Gasteiger partial charge on any atom is -0.441 e. The second kappa shape index (κ2) is 20.6. The molecule has 0 aliphatic heterocycles. The maximum atomic E-state index is 15.6. The monoisotopic (exact) mass is 1270 g/mol. The van der Waals surface area contributed by atoms with Crippen molar-refractivity contribution in [3.63, 3.8) is 0 Å². The van der Waals surface area contributed by atoms with Gasteiger partial charge in [-0.05, 0) is 159 Å². The van der Waals surface area contributed by atoms with Gasteiger partial charge in [0.05, 0.1) is 5.41 Å². The minimum absolute atomic E-state index is 0.0313. The van der Waals surface area contributed by atoms with E-state index < -0.39 is 63.2 Å². The molecule has 1 aliphatic carbocycles. The summed E-state index contributed by atoms with van der Waals surface area (Å²) in [6.07, 6.45) is -23.4. The van der Waals surface area contributed by atoms with E-state index in [0.29, 0.717) is 50.3 Å². The van der Waals surface area contributed by atoms with Crippen LogP contribution in [0.1, 0.15) is 56.0 Å². The van der Waals surface area contributed by atoms with Crippen LogP contribution in [0.3, 0.4) is 0 Å². The van der Waals surface area contributed by atoms with Gasteiger partial charge in [-0.1, -0.05) is 139 Å². The van der Waals surface area contributed by atoms with Crippen LogP contribution in [0.4, 0.5) is 52.7 Å². The molecule has 0 saturated carbocycles. The Bertz CT molecular complexity index is 5180. The zero-order valence-corrected chi connectivity index (χ0v) is 48.2. The molecule has 8 nitrogen and oxygen atoms in total. The lowest BCUT2D eigenvalue weighted by Crippen LogP contribution is -2.54. The van der Waals surface area contributed by atoms with Crippen molar-refractivity contribution in [1.29, 1.82) is 0 Å². The highest BCUT2D eigenvalue weighted by Crippen LogP contribution is 2.60. The highest BCUT2D eigenvalue weighted by Gasteiger charge is 2.73. The highest BCUT2D eigenvalue weighted by molar-refractivity contribution is 5.90. The van der Waals surface area contributed by atoms with Gasteiger partial charge in [0.2, 0.25) is 28.5 Å². The maximum Gasteiger partial charge on any atom is 0.411 e. The van der Waals surface area contributed by atoms with Gasteiger partial charge in [-0.3, -0.25) is 0 Å². The topological polar surface area (TPSA) is 104 Å². The minimum atomic E-state index is -5.91. The summed E-state index contributed by atoms with van der Waals surface area (Å²) in [6.45, 7) is 3.28. The number of oxazole rings is 4. The Morgan fingerprint density at radius 3 is 1.03 bits per heavy atom. The largest absolute Gasteiger partial charge is 0.441 e. The SMILES string of the molecule is Cc1ccc(C(c2ccc(-c3nc4cc(C5(c6ccc7oc(-c8ccc(C(c9ccc(-c%10nc%11ccc(-c%12ccc%13nc(C)oc%13c%12)cc%11o%10)cc9)(C(F)(F)F)C(F)(F)F)cc8)nc7c6)c6ccccc6-c6ccccc65)ccc4o3)cc2)(C(F)(F)F)C(F)(F)F)cc1. The molecule has 0 atom stereocenters. The molecule has 10 aromatic carbocycles. The Morgan fingerprint density at radius 2 is 0.634 bits per heavy atom. The molecule has 4 heterocycles. The first-order valence-corrected chi connectivity index (χ1v) is 28.8. The molecule has 462 valence electrons. The molecule has 93 heavy (non-hydrogen) atoms. The Hall–Kier alpha value is -10.8. The first-order valence-electron chi connectivity index (χ1n) is 28.8. The van der Waals surface area contributed by atoms with Gasteiger partial charge in [-0.15, -0.1) is 0 Å². The van der Waals surface area contributed by atoms with E-state index in [9.17, 15) is 26.3 Å². The fourth-order valence-corrected chi connectivity index (χ4v) is 13.4. The van der Waals surface area contributed by atoms with Crippen LogP contribution in [0.25, 0.3) is 101 Å². The van der Waals surface area contributed by atoms with Crippen molar-refractivity contribution in [1.82, 2.24) is 19.9 Å². The fourth-order valence-electron chi connectivity index (χ4n) is 13.4. The summed E-state index contributed by atoms with van der Waals surface area (Å²) < 4.78 is 208. The number of halogens is 12. The second-order valence-electron chi connectivity index (χ2n) is 23.0. The van der Waals surface area contributed by atoms with Gasteiger partial charge in [-0.2, -0.15) is 52.7 Å². The second-order valence-corrected chi connectivity index (χ2v) is 23.0. The lowest BCUT2D eigenvalue weighted by molar-refractivity contribution is -0.290. The summed E-state index contributed by atoms with van der Waals surface area (Å²) in [5.74, 6) is 0.272. The molecule has 15 rings (SSSR count). The highest BCUT2D eigenvalue weighted by atomic mass is 19.4. The van der Waals surface area contributed by atoms with E-state index in [0.717, 1.165) is 118 Å². The van der Waals surface area contributed by atoms with E-state index in [1.807, 2.05) is 72.8 Å². The number of hydrogen-bond acceptors (Lipinski definition) is 8. The van der Waals surface area contributed by atoms with Gasteiger partial charge in [0.1, 0.15) is 22.1 Å². The third kappa shape index (κ3) is 8.91. The van der Waals surface area contributed by atoms with Gasteiger partial charge >= 0.3 is 24.7 Å². The van der Waals surface area contributed by atoms with E-state index in [-0.39, 0.29) is 51.0 Å². The molecule has 1 aliphatic rings. The van der Waals surface area contributed by atoms with Crippen molar-refractivity contribution in [2.24, 2.45) is 0 Å². The molecule has 0 saturated heterocycles. The molecule has 0 bridgehead atoms. The molecule has 14 aromatic rings. The van der Waals surface area contributed by atoms with Crippen LogP contribution in [0.5, 0.6) is 0 Å². The third-order valence-corrected chi connectivity index (χ3v) is 17.7. The van der Waals surface area contributed by atoms with Crippen molar-refractivity contribution in [3.8, 4) is 56.6 Å². The number of fused-ring (bicyclic) bond motifs is 7. The normalized spacial score (nSPS) is 13.8. The van der Waals surface area contributed by atoms with Gasteiger partial charge in [-0.25, -0.2) is 19.9 Å². The van der Waals surface area contributed by atoms with Crippen LogP contribution in [0.2, 0.25) is 0 Å². The van der Waals surface area contributed by atoms with E-state index in [1.54, 1.807) is 62.4 Å². The molecule has 0 radical (unpaired) electrons. The lowest BCUT2D eigenvalue weighted by Gasteiger charge is -2.38. The van der Waals surface area contributed by atoms with Gasteiger partial charge in [0.25, 0.3) is 0 Å². The quantitative estimate of drug-likeness (QED) is 0.125. The summed E-state index contributed by atoms with van der Waals surface area (Å²) in [6, 6.07) is 51.7. The standard InChI is InChI=1S/C73H42F12N4O4/c1-39-11-21-46(22-12-39)68(70(74,75)76,71(77,78)79)47-25-15-42(16-26-47)65-88-58-37-50(29-33-60(58)91-65)67(54-9-5-3-7-52(54)53-8-4-6-10-55(53)67)51-30-34-61-59(38-51)89-66(92-61)43-17-27-49(28-18-43)69(72(80,81)82,73(83,84)85)48-23-13-41(14-24-48)64-87-57-32-20-45(36-63(57)93-64)44-19-31-56-62(35-44)90-40(2)86-56/h3-38H,1-2H3. The number of rotatable bonds is 10. The third-order valence-electron chi connectivity index (χ3n) is 17.7. The number of alkyl halides is 12. The van der Waals surface area contributed by atoms with Crippen LogP contribution in [-0.4, -0.2) is 44.6 Å². The van der Waals surface area contributed by atoms with Crippen LogP contribution in [0, 0.1) is 13.8 Å². The Morgan fingerprint density at radius 1 is 0.301 bits per heavy atom. The molecule has 0 fully saturated rings. The number of aryl methyl sites for hydroxylation is 2. The zero-order valence-electron chi connectivity index (χ0n) is 48.2. The molecule has 0 N–H and O–H groups in total. The van der Waals surface area contributed by atoms with E-state index >= 15 is 26.3 Å². The predicted octanol–water partition coefficient (Wildman–Crippen LogP) is 20.7. The first kappa shape index (κ1) is 58.6. The smallest absolute Gasteiger partial charge is 0.411 e. The van der Waals surface area contributed by atoms with Crippen LogP contribution < -0.4 is 0 Å². The summed E-state index contributed by atoms with van der Waals surface area (Å²) in [5.41, 5.74) is -4.27. The number of benzene rings is 10. The van der Waals surface area contributed by atoms with Crippen LogP contribution in [0.15, 0.2) is 236 Å². The van der Waals surface area contributed by atoms with Crippen molar-refractivity contribution in [2.75, 3.05) is 0 Å². The summed E-state index contributed by atoms with van der Waals surface area (Å²) >= 11 is 0. The van der Waals surface area contributed by atoms with Crippen LogP contribution in [-0.2, 0) is 16.2 Å². The van der Waals surface area contributed by atoms with Crippen molar-refractivity contribution >= 4 is 44.4 Å². The molecule has 4 aromatic heterocycles. The van der Waals surface area contributed by atoms with Crippen molar-refractivity contribution < 1.29 is 70.4 Å². The summed E-state index contributed by atoms with van der Waals surface area (Å²) in [7, 11) is 0. The van der Waals surface area contributed by atoms with Crippen LogP contribution >= 0.6 is 0 Å². The number of hydrogen-bond donors (Lipinski definition) is 0. The van der Waals surface area contributed by atoms with Gasteiger partial charge in [0.15, 0.2) is 28.2 Å². The average molecular weight is 1270 g/mol. The lowest BCUT2D eigenvalue weighted by atomic mass is 9.67. The zero-order chi connectivity index (χ0) is 64.8. The van der Waals surface area contributed by atoms with Crippen molar-refractivity contribution in [3.05, 3.63) is 274 Å². The van der Waals surface area contributed by atoms with Gasteiger partial charge in [0, 0.05) is 23.6 Å². The average Bonchev–Trinajstić information content (AvgIpc) is 1.68. The number of aromatic nitrogens is 4. The number of nitrogens with zero attached hydrogens (tertiary/aromatic N) is 4. The molecule has 0 amide bonds.